The maximum absolute atomic E-state index is 9.81. The van der Waals surface area contributed by atoms with Crippen molar-refractivity contribution in [1.82, 2.24) is 4.98 Å². The first kappa shape index (κ1) is 13.9. The van der Waals surface area contributed by atoms with Crippen molar-refractivity contribution in [3.8, 4) is 5.75 Å². The summed E-state index contributed by atoms with van der Waals surface area (Å²) in [6.07, 6.45) is 2.03. The highest BCUT2D eigenvalue weighted by Gasteiger charge is 2.16. The maximum Gasteiger partial charge on any atom is 0.124 e. The predicted molar refractivity (Wildman–Crippen MR) is 82.5 cm³/mol. The van der Waals surface area contributed by atoms with Crippen LogP contribution in [0.1, 0.15) is 30.7 Å². The van der Waals surface area contributed by atoms with Crippen LogP contribution in [-0.4, -0.2) is 23.2 Å². The molecule has 1 aromatic heterocycles. The van der Waals surface area contributed by atoms with Gasteiger partial charge in [0.2, 0.25) is 0 Å². The number of ether oxygens (including phenoxy) is 1. The molecular formula is C17H20N2O2. The first-order valence-corrected chi connectivity index (χ1v) is 7.37. The minimum Gasteiger partial charge on any atom is -0.491 e. The Kier molecular flexibility index (Phi) is 4.06. The van der Waals surface area contributed by atoms with Crippen LogP contribution in [0.5, 0.6) is 5.75 Å². The van der Waals surface area contributed by atoms with Crippen LogP contribution in [-0.2, 0) is 6.54 Å². The monoisotopic (exact) mass is 284 g/mol. The van der Waals surface area contributed by atoms with Crippen molar-refractivity contribution in [2.75, 3.05) is 18.1 Å². The SMILES string of the molecule is CC[C@@H](O)c1ccc(N2CCOc3ccccc3C2)cn1. The van der Waals surface area contributed by atoms with Crippen LogP contribution in [0.2, 0.25) is 0 Å². The van der Waals surface area contributed by atoms with Crippen molar-refractivity contribution in [2.45, 2.75) is 26.0 Å². The van der Waals surface area contributed by atoms with E-state index in [4.69, 9.17) is 4.74 Å². The molecule has 1 aliphatic rings. The van der Waals surface area contributed by atoms with Gasteiger partial charge in [-0.2, -0.15) is 0 Å². The van der Waals surface area contributed by atoms with Crippen LogP contribution in [0.4, 0.5) is 5.69 Å². The Morgan fingerprint density at radius 1 is 1.29 bits per heavy atom. The van der Waals surface area contributed by atoms with Crippen molar-refractivity contribution in [2.24, 2.45) is 0 Å². The van der Waals surface area contributed by atoms with Crippen molar-refractivity contribution in [1.29, 1.82) is 0 Å². The van der Waals surface area contributed by atoms with E-state index in [1.165, 1.54) is 5.56 Å². The number of para-hydroxylation sites is 1. The lowest BCUT2D eigenvalue weighted by molar-refractivity contribution is 0.169. The van der Waals surface area contributed by atoms with E-state index in [0.717, 1.165) is 30.2 Å². The van der Waals surface area contributed by atoms with Crippen molar-refractivity contribution < 1.29 is 9.84 Å². The van der Waals surface area contributed by atoms with Crippen molar-refractivity contribution in [3.05, 3.63) is 53.9 Å². The molecule has 0 saturated heterocycles. The molecule has 3 rings (SSSR count). The molecule has 4 heteroatoms. The third kappa shape index (κ3) is 3.00. The topological polar surface area (TPSA) is 45.6 Å². The summed E-state index contributed by atoms with van der Waals surface area (Å²) in [7, 11) is 0. The van der Waals surface area contributed by atoms with Crippen LogP contribution in [0.15, 0.2) is 42.6 Å². The minimum absolute atomic E-state index is 0.479. The Morgan fingerprint density at radius 2 is 2.14 bits per heavy atom. The zero-order chi connectivity index (χ0) is 14.7. The van der Waals surface area contributed by atoms with Gasteiger partial charge in [0, 0.05) is 12.1 Å². The van der Waals surface area contributed by atoms with Gasteiger partial charge in [-0.25, -0.2) is 0 Å². The highest BCUT2D eigenvalue weighted by Crippen LogP contribution is 2.26. The third-order valence-electron chi connectivity index (χ3n) is 3.82. The number of hydrogen-bond acceptors (Lipinski definition) is 4. The fraction of sp³-hybridized carbons (Fsp3) is 0.353. The Labute approximate surface area is 125 Å². The van der Waals surface area contributed by atoms with Crippen molar-refractivity contribution in [3.63, 3.8) is 0 Å². The molecule has 0 spiro atoms. The van der Waals surface area contributed by atoms with Gasteiger partial charge in [0.05, 0.1) is 30.2 Å². The number of aliphatic hydroxyl groups excluding tert-OH is 1. The average molecular weight is 284 g/mol. The highest BCUT2D eigenvalue weighted by atomic mass is 16.5. The molecule has 110 valence electrons. The fourth-order valence-electron chi connectivity index (χ4n) is 2.54. The summed E-state index contributed by atoms with van der Waals surface area (Å²) >= 11 is 0. The molecule has 2 heterocycles. The molecule has 0 fully saturated rings. The largest absolute Gasteiger partial charge is 0.491 e. The molecule has 0 bridgehead atoms. The maximum atomic E-state index is 9.81. The highest BCUT2D eigenvalue weighted by molar-refractivity contribution is 5.48. The Hall–Kier alpha value is -2.07. The Balaban J connectivity index is 1.81. The summed E-state index contributed by atoms with van der Waals surface area (Å²) in [6.45, 7) is 4.25. The average Bonchev–Trinajstić information content (AvgIpc) is 2.76. The number of nitrogens with zero attached hydrogens (tertiary/aromatic N) is 2. The number of aromatic nitrogens is 1. The summed E-state index contributed by atoms with van der Waals surface area (Å²) in [5.41, 5.74) is 2.97. The standard InChI is InChI=1S/C17H20N2O2/c1-2-16(20)15-8-7-14(11-18-15)19-9-10-21-17-6-4-3-5-13(17)12-19/h3-8,11,16,20H,2,9-10,12H2,1H3/t16-/m1/s1. The number of pyridine rings is 1. The number of hydrogen-bond donors (Lipinski definition) is 1. The van der Waals surface area contributed by atoms with Gasteiger partial charge in [-0.1, -0.05) is 25.1 Å². The van der Waals surface area contributed by atoms with Crippen LogP contribution in [0, 0.1) is 0 Å². The van der Waals surface area contributed by atoms with Gasteiger partial charge < -0.3 is 14.7 Å². The second-order valence-corrected chi connectivity index (χ2v) is 5.24. The molecule has 4 nitrogen and oxygen atoms in total. The molecule has 1 aliphatic heterocycles. The second kappa shape index (κ2) is 6.14. The van der Waals surface area contributed by atoms with E-state index in [1.807, 2.05) is 43.5 Å². The smallest absolute Gasteiger partial charge is 0.124 e. The van der Waals surface area contributed by atoms with E-state index in [-0.39, 0.29) is 0 Å². The normalized spacial score (nSPS) is 15.8. The third-order valence-corrected chi connectivity index (χ3v) is 3.82. The van der Waals surface area contributed by atoms with Gasteiger partial charge in [-0.05, 0) is 24.6 Å². The van der Waals surface area contributed by atoms with Gasteiger partial charge >= 0.3 is 0 Å². The Morgan fingerprint density at radius 3 is 2.90 bits per heavy atom. The molecule has 1 aromatic carbocycles. The first-order chi connectivity index (χ1) is 10.3. The van der Waals surface area contributed by atoms with Gasteiger partial charge in [0.25, 0.3) is 0 Å². The quantitative estimate of drug-likeness (QED) is 0.941. The van der Waals surface area contributed by atoms with E-state index in [0.29, 0.717) is 13.0 Å². The Bertz CT molecular complexity index is 598. The van der Waals surface area contributed by atoms with E-state index in [2.05, 4.69) is 16.0 Å². The van der Waals surface area contributed by atoms with Gasteiger partial charge in [-0.3, -0.25) is 4.98 Å². The zero-order valence-electron chi connectivity index (χ0n) is 12.2. The number of anilines is 1. The molecule has 0 aliphatic carbocycles. The number of benzene rings is 1. The van der Waals surface area contributed by atoms with E-state index in [1.54, 1.807) is 0 Å². The molecule has 0 radical (unpaired) electrons. The first-order valence-electron chi connectivity index (χ1n) is 7.37. The van der Waals surface area contributed by atoms with Crippen LogP contribution >= 0.6 is 0 Å². The van der Waals surface area contributed by atoms with Gasteiger partial charge in [-0.15, -0.1) is 0 Å². The lowest BCUT2D eigenvalue weighted by atomic mass is 10.1. The number of aliphatic hydroxyl groups is 1. The van der Waals surface area contributed by atoms with Crippen molar-refractivity contribution >= 4 is 5.69 Å². The molecular weight excluding hydrogens is 264 g/mol. The fourth-order valence-corrected chi connectivity index (χ4v) is 2.54. The lowest BCUT2D eigenvalue weighted by Crippen LogP contribution is -2.25. The molecule has 0 amide bonds. The molecule has 21 heavy (non-hydrogen) atoms. The van der Waals surface area contributed by atoms with Crippen LogP contribution in [0.3, 0.4) is 0 Å². The van der Waals surface area contributed by atoms with E-state index < -0.39 is 6.10 Å². The van der Waals surface area contributed by atoms with Crippen LogP contribution < -0.4 is 9.64 Å². The summed E-state index contributed by atoms with van der Waals surface area (Å²) in [4.78, 5) is 6.63. The van der Waals surface area contributed by atoms with E-state index in [9.17, 15) is 5.11 Å². The summed E-state index contributed by atoms with van der Waals surface area (Å²) in [5, 5.41) is 9.81. The molecule has 1 atom stereocenters. The second-order valence-electron chi connectivity index (χ2n) is 5.24. The number of fused-ring (bicyclic) bond motifs is 1. The summed E-state index contributed by atoms with van der Waals surface area (Å²) in [6, 6.07) is 12.1. The summed E-state index contributed by atoms with van der Waals surface area (Å²) in [5.74, 6) is 0.964. The molecule has 1 N–H and O–H groups in total. The van der Waals surface area contributed by atoms with Gasteiger partial charge in [0.15, 0.2) is 0 Å². The molecule has 0 saturated carbocycles. The molecule has 2 aromatic rings. The van der Waals surface area contributed by atoms with E-state index >= 15 is 0 Å². The molecule has 0 unspecified atom stereocenters. The minimum atomic E-state index is -0.479. The van der Waals surface area contributed by atoms with Crippen LogP contribution in [0.25, 0.3) is 0 Å². The van der Waals surface area contributed by atoms with Gasteiger partial charge in [0.1, 0.15) is 12.4 Å². The zero-order valence-corrected chi connectivity index (χ0v) is 12.2. The predicted octanol–water partition coefficient (Wildman–Crippen LogP) is 2.92. The summed E-state index contributed by atoms with van der Waals surface area (Å²) < 4.78 is 5.78. The lowest BCUT2D eigenvalue weighted by Gasteiger charge is -2.22. The number of rotatable bonds is 3.